The zero-order valence-corrected chi connectivity index (χ0v) is 14.9. The minimum atomic E-state index is -1.39. The van der Waals surface area contributed by atoms with Gasteiger partial charge in [-0.05, 0) is 31.0 Å². The average molecular weight is 348 g/mol. The summed E-state index contributed by atoms with van der Waals surface area (Å²) in [6.45, 7) is 4.02. The fourth-order valence-electron chi connectivity index (χ4n) is 3.46. The van der Waals surface area contributed by atoms with Crippen molar-refractivity contribution in [3.05, 3.63) is 59.2 Å². The van der Waals surface area contributed by atoms with E-state index in [9.17, 15) is 4.79 Å². The number of rotatable bonds is 1. The van der Waals surface area contributed by atoms with Crippen molar-refractivity contribution >= 4 is 29.2 Å². The first kappa shape index (κ1) is 16.1. The molecule has 7 heteroatoms. The van der Waals surface area contributed by atoms with Gasteiger partial charge < -0.3 is 16.0 Å². The Kier molecular flexibility index (Phi) is 3.47. The predicted molar refractivity (Wildman–Crippen MR) is 103 cm³/mol. The van der Waals surface area contributed by atoms with Crippen molar-refractivity contribution < 1.29 is 4.79 Å². The van der Waals surface area contributed by atoms with Crippen molar-refractivity contribution in [3.8, 4) is 0 Å². The second kappa shape index (κ2) is 5.59. The molecule has 2 aromatic carbocycles. The first-order chi connectivity index (χ1) is 12.4. The van der Waals surface area contributed by atoms with Crippen LogP contribution in [0.3, 0.4) is 0 Å². The molecule has 4 rings (SSSR count). The molecule has 0 aliphatic carbocycles. The number of carbonyl (C=O) groups excluding carboxylic acids is 1. The van der Waals surface area contributed by atoms with E-state index in [2.05, 4.69) is 20.6 Å². The number of para-hydroxylation sites is 2. The molecule has 0 bridgehead atoms. The number of nitrogens with two attached hydrogens (primary N) is 1. The number of carbonyl (C=O) groups is 1. The van der Waals surface area contributed by atoms with E-state index < -0.39 is 5.66 Å². The summed E-state index contributed by atoms with van der Waals surface area (Å²) < 4.78 is 0. The van der Waals surface area contributed by atoms with Crippen LogP contribution in [0.1, 0.15) is 16.7 Å². The highest BCUT2D eigenvalue weighted by Gasteiger charge is 2.52. The lowest BCUT2D eigenvalue weighted by Gasteiger charge is -2.27. The third-order valence-corrected chi connectivity index (χ3v) is 4.77. The zero-order chi connectivity index (χ0) is 18.5. The third-order valence-electron chi connectivity index (χ3n) is 4.77. The minimum absolute atomic E-state index is 0.146. The highest BCUT2D eigenvalue weighted by atomic mass is 16.2. The third kappa shape index (κ3) is 2.24. The van der Waals surface area contributed by atoms with E-state index in [-0.39, 0.29) is 11.9 Å². The van der Waals surface area contributed by atoms with Gasteiger partial charge in [-0.25, -0.2) is 9.98 Å². The van der Waals surface area contributed by atoms with Crippen molar-refractivity contribution in [3.63, 3.8) is 0 Å². The van der Waals surface area contributed by atoms with Gasteiger partial charge in [0.15, 0.2) is 5.96 Å². The maximum absolute atomic E-state index is 13.0. The molecule has 1 atom stereocenters. The van der Waals surface area contributed by atoms with Gasteiger partial charge in [-0.15, -0.1) is 0 Å². The van der Waals surface area contributed by atoms with Crippen LogP contribution in [-0.4, -0.2) is 24.9 Å². The van der Waals surface area contributed by atoms with Gasteiger partial charge in [-0.1, -0.05) is 36.4 Å². The summed E-state index contributed by atoms with van der Waals surface area (Å²) in [5.41, 5.74) is 9.20. The van der Waals surface area contributed by atoms with Crippen molar-refractivity contribution in [2.75, 3.05) is 17.3 Å². The van der Waals surface area contributed by atoms with E-state index in [1.54, 1.807) is 11.9 Å². The molecular formula is C19H20N6O. The van der Waals surface area contributed by atoms with Gasteiger partial charge in [0, 0.05) is 18.3 Å². The largest absolute Gasteiger partial charge is 0.370 e. The van der Waals surface area contributed by atoms with E-state index in [4.69, 9.17) is 5.73 Å². The molecule has 132 valence electrons. The number of benzene rings is 2. The fourth-order valence-corrected chi connectivity index (χ4v) is 3.46. The number of aliphatic imine (C=N–C) groups is 2. The lowest BCUT2D eigenvalue weighted by molar-refractivity contribution is -0.122. The Morgan fingerprint density at radius 1 is 1.08 bits per heavy atom. The van der Waals surface area contributed by atoms with E-state index in [1.165, 1.54) is 0 Å². The van der Waals surface area contributed by atoms with Gasteiger partial charge in [0.25, 0.3) is 11.6 Å². The Morgan fingerprint density at radius 2 is 1.77 bits per heavy atom. The van der Waals surface area contributed by atoms with Crippen LogP contribution in [0.25, 0.3) is 0 Å². The number of fused-ring (bicyclic) bond motifs is 2. The Labute approximate surface area is 151 Å². The van der Waals surface area contributed by atoms with E-state index in [0.717, 1.165) is 28.1 Å². The highest BCUT2D eigenvalue weighted by molar-refractivity contribution is 6.14. The Bertz CT molecular complexity index is 959. The van der Waals surface area contributed by atoms with Crippen molar-refractivity contribution in [1.29, 1.82) is 0 Å². The maximum atomic E-state index is 13.0. The van der Waals surface area contributed by atoms with Gasteiger partial charge in [0.1, 0.15) is 0 Å². The quantitative estimate of drug-likeness (QED) is 0.732. The summed E-state index contributed by atoms with van der Waals surface area (Å²) in [6, 6.07) is 13.5. The summed E-state index contributed by atoms with van der Waals surface area (Å²) in [5, 5.41) is 6.21. The molecule has 0 saturated heterocycles. The van der Waals surface area contributed by atoms with Crippen LogP contribution in [0.5, 0.6) is 0 Å². The topological polar surface area (TPSA) is 95.1 Å². The van der Waals surface area contributed by atoms with Crippen LogP contribution in [-0.2, 0) is 10.5 Å². The number of nitrogens with one attached hydrogen (secondary N) is 2. The Morgan fingerprint density at radius 3 is 2.50 bits per heavy atom. The number of nitrogens with zero attached hydrogens (tertiary/aromatic N) is 3. The molecule has 0 unspecified atom stereocenters. The second-order valence-electron chi connectivity index (χ2n) is 6.53. The van der Waals surface area contributed by atoms with Crippen molar-refractivity contribution in [1.82, 2.24) is 5.32 Å². The Hall–Kier alpha value is -3.35. The van der Waals surface area contributed by atoms with Crippen LogP contribution in [0, 0.1) is 13.8 Å². The number of likely N-dealkylation sites (N-methyl/N-ethyl adjacent to an activating group) is 1. The van der Waals surface area contributed by atoms with E-state index in [0.29, 0.717) is 5.96 Å². The molecule has 1 spiro atoms. The normalized spacial score (nSPS) is 21.2. The molecule has 2 aliphatic heterocycles. The first-order valence-electron chi connectivity index (χ1n) is 8.35. The predicted octanol–water partition coefficient (Wildman–Crippen LogP) is 1.82. The van der Waals surface area contributed by atoms with Crippen LogP contribution in [0.15, 0.2) is 52.4 Å². The molecule has 0 aromatic heterocycles. The molecule has 2 heterocycles. The number of anilines is 2. The maximum Gasteiger partial charge on any atom is 0.282 e. The standard InChI is InChI=1S/C19H20N6O/c1-11-7-6-8-12(2)15(11)21-18-22-17(20)23-19(24-18)13-9-4-5-10-14(13)25(3)16(19)26/h4-10H,1-3H3,(H4,20,21,22,23,24)/t19-/m1/s1. The lowest BCUT2D eigenvalue weighted by atomic mass is 10.0. The van der Waals surface area contributed by atoms with E-state index >= 15 is 0 Å². The van der Waals surface area contributed by atoms with Crippen LogP contribution < -0.4 is 21.3 Å². The van der Waals surface area contributed by atoms with E-state index in [1.807, 2.05) is 56.3 Å². The summed E-state index contributed by atoms with van der Waals surface area (Å²) in [5.74, 6) is 0.310. The summed E-state index contributed by atoms with van der Waals surface area (Å²) >= 11 is 0. The van der Waals surface area contributed by atoms with Gasteiger partial charge in [-0.3, -0.25) is 10.1 Å². The average Bonchev–Trinajstić information content (AvgIpc) is 2.81. The molecular weight excluding hydrogens is 328 g/mol. The number of guanidine groups is 2. The van der Waals surface area contributed by atoms with Crippen LogP contribution in [0.4, 0.5) is 11.4 Å². The first-order valence-corrected chi connectivity index (χ1v) is 8.35. The monoisotopic (exact) mass is 348 g/mol. The lowest BCUT2D eigenvalue weighted by Crippen LogP contribution is -2.50. The fraction of sp³-hybridized carbons (Fsp3) is 0.211. The number of hydrogen-bond acceptors (Lipinski definition) is 6. The Balaban J connectivity index is 1.83. The summed E-state index contributed by atoms with van der Waals surface area (Å²) in [6.07, 6.45) is 0. The van der Waals surface area contributed by atoms with Gasteiger partial charge in [-0.2, -0.15) is 0 Å². The zero-order valence-electron chi connectivity index (χ0n) is 14.9. The molecule has 2 aliphatic rings. The minimum Gasteiger partial charge on any atom is -0.370 e. The molecule has 0 fully saturated rings. The smallest absolute Gasteiger partial charge is 0.282 e. The van der Waals surface area contributed by atoms with Crippen molar-refractivity contribution in [2.24, 2.45) is 15.7 Å². The number of aryl methyl sites for hydroxylation is 2. The summed E-state index contributed by atoms with van der Waals surface area (Å²) in [7, 11) is 1.72. The van der Waals surface area contributed by atoms with Crippen LogP contribution >= 0.6 is 0 Å². The second-order valence-corrected chi connectivity index (χ2v) is 6.53. The molecule has 26 heavy (non-hydrogen) atoms. The highest BCUT2D eigenvalue weighted by Crippen LogP contribution is 2.43. The molecule has 1 amide bonds. The summed E-state index contributed by atoms with van der Waals surface area (Å²) in [4.78, 5) is 23.6. The number of hydrogen-bond donors (Lipinski definition) is 3. The van der Waals surface area contributed by atoms with Gasteiger partial charge in [0.2, 0.25) is 5.96 Å². The SMILES string of the molecule is Cc1cccc(C)c1NC1=N[C@@]2(N=C(N)N1)C(=O)N(C)c1ccccc12. The molecule has 0 saturated carbocycles. The van der Waals surface area contributed by atoms with Crippen LogP contribution in [0.2, 0.25) is 0 Å². The van der Waals surface area contributed by atoms with Gasteiger partial charge >= 0.3 is 0 Å². The number of amides is 1. The molecule has 0 radical (unpaired) electrons. The van der Waals surface area contributed by atoms with Gasteiger partial charge in [0.05, 0.1) is 5.69 Å². The molecule has 4 N–H and O–H groups in total. The van der Waals surface area contributed by atoms with Crippen molar-refractivity contribution in [2.45, 2.75) is 19.5 Å². The molecule has 2 aromatic rings. The molecule has 7 nitrogen and oxygen atoms in total.